The number of benzene rings is 1. The second-order valence-corrected chi connectivity index (χ2v) is 5.11. The molecule has 1 heterocycles. The molecule has 102 valence electrons. The molecule has 1 aromatic heterocycles. The number of hydrogen-bond donors (Lipinski definition) is 1. The molecule has 0 amide bonds. The molecule has 0 saturated heterocycles. The van der Waals surface area contributed by atoms with E-state index < -0.39 is 0 Å². The standard InChI is InChI=1S/C14H21N5/c1-5-13(10(2)3)15-12-8-6-7-11(9-12)14-16-17-18-19(14)4/h6-10,13,15H,5H2,1-4H3. The van der Waals surface area contributed by atoms with Crippen molar-refractivity contribution in [3.8, 4) is 11.4 Å². The van der Waals surface area contributed by atoms with Crippen molar-refractivity contribution in [1.82, 2.24) is 20.2 Å². The average Bonchev–Trinajstić information content (AvgIpc) is 2.82. The van der Waals surface area contributed by atoms with Gasteiger partial charge in [-0.2, -0.15) is 0 Å². The Morgan fingerprint density at radius 2 is 2.11 bits per heavy atom. The predicted molar refractivity (Wildman–Crippen MR) is 76.8 cm³/mol. The molecular weight excluding hydrogens is 238 g/mol. The molecule has 5 nitrogen and oxygen atoms in total. The largest absolute Gasteiger partial charge is 0.382 e. The van der Waals surface area contributed by atoms with E-state index in [0.29, 0.717) is 12.0 Å². The number of anilines is 1. The van der Waals surface area contributed by atoms with Crippen LogP contribution in [0, 0.1) is 5.92 Å². The third-order valence-electron chi connectivity index (χ3n) is 3.34. The van der Waals surface area contributed by atoms with Crippen LogP contribution >= 0.6 is 0 Å². The van der Waals surface area contributed by atoms with Gasteiger partial charge in [-0.1, -0.05) is 32.9 Å². The van der Waals surface area contributed by atoms with Gasteiger partial charge in [0.25, 0.3) is 0 Å². The summed E-state index contributed by atoms with van der Waals surface area (Å²) >= 11 is 0. The molecule has 2 aromatic rings. The predicted octanol–water partition coefficient (Wildman–Crippen LogP) is 2.72. The second-order valence-electron chi connectivity index (χ2n) is 5.11. The molecule has 19 heavy (non-hydrogen) atoms. The number of rotatable bonds is 5. The molecule has 0 saturated carbocycles. The molecule has 0 fully saturated rings. The van der Waals surface area contributed by atoms with Crippen molar-refractivity contribution in [2.75, 3.05) is 5.32 Å². The van der Waals surface area contributed by atoms with Crippen molar-refractivity contribution in [2.24, 2.45) is 13.0 Å². The molecular formula is C14H21N5. The average molecular weight is 259 g/mol. The lowest BCUT2D eigenvalue weighted by molar-refractivity contribution is 0.511. The molecule has 2 rings (SSSR count). The van der Waals surface area contributed by atoms with Gasteiger partial charge in [0.2, 0.25) is 0 Å². The van der Waals surface area contributed by atoms with Gasteiger partial charge in [0, 0.05) is 24.3 Å². The summed E-state index contributed by atoms with van der Waals surface area (Å²) in [6.07, 6.45) is 1.10. The van der Waals surface area contributed by atoms with Crippen LogP contribution in [0.25, 0.3) is 11.4 Å². The van der Waals surface area contributed by atoms with Crippen LogP contribution in [0.4, 0.5) is 5.69 Å². The van der Waals surface area contributed by atoms with Gasteiger partial charge in [-0.3, -0.25) is 0 Å². The van der Waals surface area contributed by atoms with Crippen LogP contribution in [0.2, 0.25) is 0 Å². The summed E-state index contributed by atoms with van der Waals surface area (Å²) in [5, 5.41) is 15.1. The quantitative estimate of drug-likeness (QED) is 0.897. The highest BCUT2D eigenvalue weighted by atomic mass is 15.5. The summed E-state index contributed by atoms with van der Waals surface area (Å²) in [4.78, 5) is 0. The van der Waals surface area contributed by atoms with Crippen molar-refractivity contribution in [2.45, 2.75) is 33.2 Å². The number of aryl methyl sites for hydroxylation is 1. The first-order valence-corrected chi connectivity index (χ1v) is 6.71. The summed E-state index contributed by atoms with van der Waals surface area (Å²) in [5.74, 6) is 1.38. The Kier molecular flexibility index (Phi) is 4.14. The summed E-state index contributed by atoms with van der Waals surface area (Å²) in [6.45, 7) is 6.67. The maximum Gasteiger partial charge on any atom is 0.181 e. The van der Waals surface area contributed by atoms with Gasteiger partial charge < -0.3 is 5.32 Å². The topological polar surface area (TPSA) is 55.6 Å². The van der Waals surface area contributed by atoms with Crippen LogP contribution in [0.1, 0.15) is 27.2 Å². The van der Waals surface area contributed by atoms with Crippen molar-refractivity contribution in [1.29, 1.82) is 0 Å². The van der Waals surface area contributed by atoms with E-state index in [-0.39, 0.29) is 0 Å². The van der Waals surface area contributed by atoms with Gasteiger partial charge in [0.1, 0.15) is 0 Å². The van der Waals surface area contributed by atoms with E-state index in [1.165, 1.54) is 0 Å². The Balaban J connectivity index is 2.23. The fourth-order valence-electron chi connectivity index (χ4n) is 2.18. The third-order valence-corrected chi connectivity index (χ3v) is 3.34. The van der Waals surface area contributed by atoms with E-state index >= 15 is 0 Å². The number of nitrogens with zero attached hydrogens (tertiary/aromatic N) is 4. The summed E-state index contributed by atoms with van der Waals surface area (Å²) in [7, 11) is 1.85. The van der Waals surface area contributed by atoms with Gasteiger partial charge in [0.05, 0.1) is 0 Å². The van der Waals surface area contributed by atoms with Crippen LogP contribution in [0.3, 0.4) is 0 Å². The van der Waals surface area contributed by atoms with Crippen LogP contribution in [0.5, 0.6) is 0 Å². The Hall–Kier alpha value is -1.91. The minimum atomic E-state index is 0.480. The van der Waals surface area contributed by atoms with Gasteiger partial charge in [-0.15, -0.1) is 5.10 Å². The molecule has 1 unspecified atom stereocenters. The minimum Gasteiger partial charge on any atom is -0.382 e. The normalized spacial score (nSPS) is 12.7. The van der Waals surface area contributed by atoms with Gasteiger partial charge in [-0.25, -0.2) is 4.68 Å². The summed E-state index contributed by atoms with van der Waals surface area (Å²) < 4.78 is 1.68. The van der Waals surface area contributed by atoms with E-state index in [1.54, 1.807) is 4.68 Å². The highest BCUT2D eigenvalue weighted by Gasteiger charge is 2.12. The van der Waals surface area contributed by atoms with Gasteiger partial charge >= 0.3 is 0 Å². The highest BCUT2D eigenvalue weighted by molar-refractivity contribution is 5.62. The van der Waals surface area contributed by atoms with Crippen LogP contribution in [-0.4, -0.2) is 26.2 Å². The van der Waals surface area contributed by atoms with Crippen LogP contribution in [0.15, 0.2) is 24.3 Å². The fraction of sp³-hybridized carbons (Fsp3) is 0.500. The van der Waals surface area contributed by atoms with Gasteiger partial charge in [0.15, 0.2) is 5.82 Å². The van der Waals surface area contributed by atoms with E-state index in [2.05, 4.69) is 53.7 Å². The molecule has 0 spiro atoms. The minimum absolute atomic E-state index is 0.480. The molecule has 0 aliphatic heterocycles. The van der Waals surface area contributed by atoms with Crippen molar-refractivity contribution < 1.29 is 0 Å². The molecule has 0 bridgehead atoms. The van der Waals surface area contributed by atoms with E-state index in [9.17, 15) is 0 Å². The van der Waals surface area contributed by atoms with E-state index in [4.69, 9.17) is 0 Å². The molecule has 0 aliphatic carbocycles. The lowest BCUT2D eigenvalue weighted by Crippen LogP contribution is -2.24. The molecule has 0 radical (unpaired) electrons. The van der Waals surface area contributed by atoms with Crippen molar-refractivity contribution in [3.63, 3.8) is 0 Å². The zero-order chi connectivity index (χ0) is 13.8. The fourth-order valence-corrected chi connectivity index (χ4v) is 2.18. The first kappa shape index (κ1) is 13.5. The Morgan fingerprint density at radius 3 is 2.68 bits per heavy atom. The van der Waals surface area contributed by atoms with Crippen molar-refractivity contribution >= 4 is 5.69 Å². The van der Waals surface area contributed by atoms with Crippen LogP contribution < -0.4 is 5.32 Å². The zero-order valence-corrected chi connectivity index (χ0v) is 12.0. The molecule has 1 aromatic carbocycles. The lowest BCUT2D eigenvalue weighted by Gasteiger charge is -2.22. The Bertz CT molecular complexity index is 532. The molecule has 0 aliphatic rings. The number of hydrogen-bond acceptors (Lipinski definition) is 4. The molecule has 5 heteroatoms. The third kappa shape index (κ3) is 3.10. The van der Waals surface area contributed by atoms with Crippen molar-refractivity contribution in [3.05, 3.63) is 24.3 Å². The number of aromatic nitrogens is 4. The first-order valence-electron chi connectivity index (χ1n) is 6.71. The second kappa shape index (κ2) is 5.82. The maximum atomic E-state index is 4.04. The van der Waals surface area contributed by atoms with E-state index in [0.717, 1.165) is 23.5 Å². The summed E-state index contributed by atoms with van der Waals surface area (Å²) in [6, 6.07) is 8.70. The zero-order valence-electron chi connectivity index (χ0n) is 12.0. The number of nitrogens with one attached hydrogen (secondary N) is 1. The van der Waals surface area contributed by atoms with E-state index in [1.807, 2.05) is 19.2 Å². The Labute approximate surface area is 114 Å². The Morgan fingerprint density at radius 1 is 1.32 bits per heavy atom. The van der Waals surface area contributed by atoms with Gasteiger partial charge in [-0.05, 0) is 34.9 Å². The summed E-state index contributed by atoms with van der Waals surface area (Å²) in [5.41, 5.74) is 2.14. The number of tetrazole rings is 1. The molecule has 1 N–H and O–H groups in total. The first-order chi connectivity index (χ1) is 9.11. The smallest absolute Gasteiger partial charge is 0.181 e. The van der Waals surface area contributed by atoms with Crippen LogP contribution in [-0.2, 0) is 7.05 Å². The monoisotopic (exact) mass is 259 g/mol. The molecule has 1 atom stereocenters. The maximum absolute atomic E-state index is 4.04. The lowest BCUT2D eigenvalue weighted by atomic mass is 10.0. The highest BCUT2D eigenvalue weighted by Crippen LogP contribution is 2.21. The SMILES string of the molecule is CCC(Nc1cccc(-c2nnnn2C)c1)C(C)C.